The number of carbonyl (C=O) groups excluding carboxylic acids is 1. The molecule has 12 nitrogen and oxygen atoms in total. The van der Waals surface area contributed by atoms with Crippen LogP contribution >= 0.6 is 0 Å². The van der Waals surface area contributed by atoms with Crippen molar-refractivity contribution < 1.29 is 52.2 Å². The number of amides is 1. The summed E-state index contributed by atoms with van der Waals surface area (Å²) in [6.07, 6.45) is -6.57. The third kappa shape index (κ3) is 12.2. The van der Waals surface area contributed by atoms with Crippen LogP contribution in [-0.2, 0) is 78.6 Å². The number of ether oxygens (including phenoxy) is 10. The summed E-state index contributed by atoms with van der Waals surface area (Å²) in [5, 5.41) is 3.06. The third-order valence-corrected chi connectivity index (χ3v) is 11.3. The first-order valence-corrected chi connectivity index (χ1v) is 21.9. The largest absolute Gasteiger partial charge is 0.374 e. The van der Waals surface area contributed by atoms with Crippen molar-refractivity contribution in [2.24, 2.45) is 0 Å². The molecule has 3 fully saturated rings. The van der Waals surface area contributed by atoms with E-state index in [2.05, 4.69) is 11.9 Å². The molecular weight excluding hydrogens is 815 g/mol. The normalized spacial score (nSPS) is 27.9. The maximum absolute atomic E-state index is 13.1. The molecule has 0 aliphatic carbocycles. The van der Waals surface area contributed by atoms with Crippen LogP contribution in [0.4, 0.5) is 0 Å². The Labute approximate surface area is 375 Å². The van der Waals surface area contributed by atoms with Gasteiger partial charge in [0.2, 0.25) is 5.91 Å². The molecule has 11 atom stereocenters. The predicted octanol–water partition coefficient (Wildman–Crippen LogP) is 7.62. The summed E-state index contributed by atoms with van der Waals surface area (Å²) >= 11 is 0. The van der Waals surface area contributed by atoms with E-state index in [1.807, 2.05) is 152 Å². The summed E-state index contributed by atoms with van der Waals surface area (Å²) in [7, 11) is 0. The van der Waals surface area contributed by atoms with Gasteiger partial charge in [-0.25, -0.2) is 0 Å². The number of hydrogen-bond acceptors (Lipinski definition) is 11. The van der Waals surface area contributed by atoms with Gasteiger partial charge >= 0.3 is 0 Å². The second kappa shape index (κ2) is 23.2. The fraction of sp³-hybridized carbons (Fsp3) is 0.365. The number of benzene rings is 5. The minimum Gasteiger partial charge on any atom is -0.374 e. The van der Waals surface area contributed by atoms with Gasteiger partial charge in [0.25, 0.3) is 0 Å². The number of nitrogens with one attached hydrogen (secondary N) is 1. The topological polar surface area (TPSA) is 121 Å². The lowest BCUT2D eigenvalue weighted by Gasteiger charge is -2.52. The van der Waals surface area contributed by atoms with Gasteiger partial charge in [-0.05, 0) is 22.3 Å². The molecule has 0 bridgehead atoms. The second-order valence-corrected chi connectivity index (χ2v) is 16.0. The SMILES string of the molecule is C=CCO[C@H]1O[C@@H]2COC(c3ccccc3)O[C@H]2[C@H](O[C@H]2O[C@H](COCc3ccccc3)[C@@H](OCc3ccccc3)[C@H](OCc3ccccc3)[C@H]2OCc2ccccc2)[C@H]1NC(C)=O. The highest BCUT2D eigenvalue weighted by molar-refractivity contribution is 5.73. The van der Waals surface area contributed by atoms with E-state index in [9.17, 15) is 4.79 Å². The third-order valence-electron chi connectivity index (χ3n) is 11.3. The molecule has 0 spiro atoms. The van der Waals surface area contributed by atoms with Crippen LogP contribution in [0, 0.1) is 0 Å². The van der Waals surface area contributed by atoms with Crippen LogP contribution in [0.25, 0.3) is 0 Å². The summed E-state index contributed by atoms with van der Waals surface area (Å²) < 4.78 is 67.3. The van der Waals surface area contributed by atoms with E-state index in [-0.39, 0.29) is 45.5 Å². The molecule has 3 aliphatic rings. The van der Waals surface area contributed by atoms with Crippen molar-refractivity contribution in [3.8, 4) is 0 Å². The Morgan fingerprint density at radius 3 is 1.67 bits per heavy atom. The van der Waals surface area contributed by atoms with Gasteiger partial charge in [-0.2, -0.15) is 0 Å². The molecule has 12 heteroatoms. The molecular formula is C52H57NO11. The van der Waals surface area contributed by atoms with Gasteiger partial charge < -0.3 is 52.7 Å². The van der Waals surface area contributed by atoms with Crippen molar-refractivity contribution in [2.75, 3.05) is 19.8 Å². The van der Waals surface area contributed by atoms with Crippen LogP contribution in [0.5, 0.6) is 0 Å². The lowest BCUT2D eigenvalue weighted by atomic mass is 9.94. The maximum atomic E-state index is 13.1. The zero-order valence-corrected chi connectivity index (χ0v) is 36.0. The van der Waals surface area contributed by atoms with Crippen molar-refractivity contribution in [1.29, 1.82) is 0 Å². The summed E-state index contributed by atoms with van der Waals surface area (Å²) in [5.74, 6) is -0.313. The highest BCUT2D eigenvalue weighted by Crippen LogP contribution is 2.39. The van der Waals surface area contributed by atoms with Crippen molar-refractivity contribution in [2.45, 2.75) is 101 Å². The van der Waals surface area contributed by atoms with Gasteiger partial charge in [0.15, 0.2) is 18.9 Å². The molecule has 3 heterocycles. The van der Waals surface area contributed by atoms with Crippen LogP contribution < -0.4 is 5.32 Å². The monoisotopic (exact) mass is 871 g/mol. The van der Waals surface area contributed by atoms with Crippen LogP contribution in [-0.4, -0.2) is 87.1 Å². The Morgan fingerprint density at radius 1 is 0.609 bits per heavy atom. The molecule has 0 aromatic heterocycles. The number of hydrogen-bond donors (Lipinski definition) is 1. The van der Waals surface area contributed by atoms with Crippen molar-refractivity contribution in [3.63, 3.8) is 0 Å². The lowest BCUT2D eigenvalue weighted by molar-refractivity contribution is -0.384. The van der Waals surface area contributed by atoms with Crippen LogP contribution in [0.3, 0.4) is 0 Å². The molecule has 0 radical (unpaired) electrons. The first-order chi connectivity index (χ1) is 31.5. The van der Waals surface area contributed by atoms with E-state index in [0.29, 0.717) is 6.61 Å². The molecule has 64 heavy (non-hydrogen) atoms. The Bertz CT molecular complexity index is 2130. The summed E-state index contributed by atoms with van der Waals surface area (Å²) in [6.45, 7) is 6.80. The zero-order chi connectivity index (χ0) is 43.9. The Kier molecular flexibility index (Phi) is 16.5. The van der Waals surface area contributed by atoms with Gasteiger partial charge in [0.05, 0.1) is 46.2 Å². The molecule has 1 N–H and O–H groups in total. The van der Waals surface area contributed by atoms with Crippen molar-refractivity contribution >= 4 is 5.91 Å². The fourth-order valence-corrected chi connectivity index (χ4v) is 8.22. The highest BCUT2D eigenvalue weighted by Gasteiger charge is 2.56. The number of rotatable bonds is 20. The first-order valence-electron chi connectivity index (χ1n) is 21.9. The van der Waals surface area contributed by atoms with E-state index in [1.54, 1.807) is 6.08 Å². The predicted molar refractivity (Wildman–Crippen MR) is 237 cm³/mol. The van der Waals surface area contributed by atoms with E-state index < -0.39 is 67.6 Å². The minimum atomic E-state index is -1.12. The van der Waals surface area contributed by atoms with E-state index in [4.69, 9.17) is 47.4 Å². The molecule has 8 rings (SSSR count). The van der Waals surface area contributed by atoms with Gasteiger partial charge in [0, 0.05) is 12.5 Å². The van der Waals surface area contributed by atoms with E-state index >= 15 is 0 Å². The standard InChI is InChI=1S/C52H57NO11/c1-3-29-56-51-44(53-36(2)54)47(46-43(61-51)35-60-50(63-46)41-27-17-8-18-28-41)64-52-49(59-33-40-25-15-7-16-26-40)48(58-32-39-23-13-6-14-24-39)45(57-31-38-21-11-5-12-22-38)42(62-52)34-55-30-37-19-9-4-10-20-37/h3-28,42-52H,1,29-35H2,2H3,(H,53,54)/t42-,43-,44-,45-,46-,47-,48+,49-,50?,51+,52-/m1/s1. The average molecular weight is 872 g/mol. The Balaban J connectivity index is 1.18. The summed E-state index contributed by atoms with van der Waals surface area (Å²) in [5.41, 5.74) is 4.72. The molecule has 3 saturated heterocycles. The average Bonchev–Trinajstić information content (AvgIpc) is 3.34. The van der Waals surface area contributed by atoms with E-state index in [1.165, 1.54) is 6.92 Å². The van der Waals surface area contributed by atoms with Gasteiger partial charge in [-0.3, -0.25) is 4.79 Å². The summed E-state index contributed by atoms with van der Waals surface area (Å²) in [4.78, 5) is 13.1. The molecule has 1 unspecified atom stereocenters. The zero-order valence-electron chi connectivity index (χ0n) is 36.0. The molecule has 5 aromatic rings. The van der Waals surface area contributed by atoms with Gasteiger partial charge in [0.1, 0.15) is 48.8 Å². The molecule has 5 aromatic carbocycles. The highest BCUT2D eigenvalue weighted by atomic mass is 16.8. The van der Waals surface area contributed by atoms with Gasteiger partial charge in [-0.1, -0.05) is 158 Å². The molecule has 0 saturated carbocycles. The minimum absolute atomic E-state index is 0.130. The Hall–Kier alpha value is -5.09. The first kappa shape index (κ1) is 45.5. The second-order valence-electron chi connectivity index (χ2n) is 16.0. The van der Waals surface area contributed by atoms with E-state index in [0.717, 1.165) is 27.8 Å². The smallest absolute Gasteiger partial charge is 0.217 e. The lowest BCUT2D eigenvalue weighted by Crippen LogP contribution is -2.70. The van der Waals surface area contributed by atoms with Crippen molar-refractivity contribution in [3.05, 3.63) is 192 Å². The molecule has 3 aliphatic heterocycles. The molecule has 1 amide bonds. The molecule has 336 valence electrons. The van der Waals surface area contributed by atoms with Crippen LogP contribution in [0.15, 0.2) is 164 Å². The van der Waals surface area contributed by atoms with Crippen LogP contribution in [0.1, 0.15) is 41.0 Å². The number of carbonyl (C=O) groups is 1. The maximum Gasteiger partial charge on any atom is 0.217 e. The fourth-order valence-electron chi connectivity index (χ4n) is 8.22. The quantitative estimate of drug-likeness (QED) is 0.0779. The summed E-state index contributed by atoms with van der Waals surface area (Å²) in [6, 6.07) is 48.6. The van der Waals surface area contributed by atoms with Crippen LogP contribution in [0.2, 0.25) is 0 Å². The Morgan fingerprint density at radius 2 is 1.12 bits per heavy atom. The van der Waals surface area contributed by atoms with Gasteiger partial charge in [-0.15, -0.1) is 6.58 Å². The van der Waals surface area contributed by atoms with Crippen molar-refractivity contribution in [1.82, 2.24) is 5.32 Å². The number of fused-ring (bicyclic) bond motifs is 1.